The fourth-order valence-corrected chi connectivity index (χ4v) is 1.64. The Bertz CT molecular complexity index is 606. The summed E-state index contributed by atoms with van der Waals surface area (Å²) in [5, 5.41) is 10.0. The molecule has 1 aromatic heterocycles. The normalized spacial score (nSPS) is 10.2. The van der Waals surface area contributed by atoms with Crippen LogP contribution in [0.3, 0.4) is 0 Å². The molecule has 2 amide bonds. The van der Waals surface area contributed by atoms with Crippen molar-refractivity contribution in [2.75, 3.05) is 5.32 Å². The standard InChI is InChI=1S/C12H13N5O2/c1-8(18)14-12-10(11(13)19)15-16-17(12)7-9-5-3-2-4-6-9/h2-6H,7H2,1H3,(H2,13,19)(H,14,18). The second kappa shape index (κ2) is 5.30. The Balaban J connectivity index is 2.34. The highest BCUT2D eigenvalue weighted by molar-refractivity contribution is 5.99. The molecule has 1 aromatic carbocycles. The first-order valence-corrected chi connectivity index (χ1v) is 5.62. The van der Waals surface area contributed by atoms with E-state index >= 15 is 0 Å². The van der Waals surface area contributed by atoms with Crippen LogP contribution in [0.2, 0.25) is 0 Å². The number of hydrogen-bond donors (Lipinski definition) is 2. The van der Waals surface area contributed by atoms with E-state index in [4.69, 9.17) is 5.73 Å². The maximum absolute atomic E-state index is 11.2. The predicted octanol–water partition coefficient (Wildman–Crippen LogP) is 0.384. The number of nitrogens with one attached hydrogen (secondary N) is 1. The molecule has 3 N–H and O–H groups in total. The number of hydrogen-bond acceptors (Lipinski definition) is 4. The van der Waals surface area contributed by atoms with Crippen LogP contribution in [0, 0.1) is 0 Å². The molecule has 0 aliphatic carbocycles. The molecule has 0 bridgehead atoms. The van der Waals surface area contributed by atoms with Crippen molar-refractivity contribution >= 4 is 17.6 Å². The molecule has 0 atom stereocenters. The van der Waals surface area contributed by atoms with Gasteiger partial charge in [-0.3, -0.25) is 9.59 Å². The van der Waals surface area contributed by atoms with Gasteiger partial charge in [-0.1, -0.05) is 35.5 Å². The summed E-state index contributed by atoms with van der Waals surface area (Å²) in [5.74, 6) is -0.842. The Hall–Kier alpha value is -2.70. The molecule has 7 nitrogen and oxygen atoms in total. The Morgan fingerprint density at radius 3 is 2.58 bits per heavy atom. The average Bonchev–Trinajstić information content (AvgIpc) is 2.73. The molecule has 0 spiro atoms. The third-order valence-electron chi connectivity index (χ3n) is 2.44. The first kappa shape index (κ1) is 12.7. The first-order chi connectivity index (χ1) is 9.08. The van der Waals surface area contributed by atoms with Gasteiger partial charge in [0.05, 0.1) is 6.54 Å². The number of rotatable bonds is 4. The number of primary amides is 1. The van der Waals surface area contributed by atoms with Gasteiger partial charge in [-0.05, 0) is 5.56 Å². The molecule has 2 rings (SSSR count). The highest BCUT2D eigenvalue weighted by Gasteiger charge is 2.18. The van der Waals surface area contributed by atoms with E-state index in [2.05, 4.69) is 15.6 Å². The molecule has 0 unspecified atom stereocenters. The molecular formula is C12H13N5O2. The van der Waals surface area contributed by atoms with Crippen LogP contribution < -0.4 is 11.1 Å². The van der Waals surface area contributed by atoms with Gasteiger partial charge >= 0.3 is 0 Å². The lowest BCUT2D eigenvalue weighted by atomic mass is 10.2. The quantitative estimate of drug-likeness (QED) is 0.828. The van der Waals surface area contributed by atoms with Gasteiger partial charge in [0.15, 0.2) is 11.5 Å². The van der Waals surface area contributed by atoms with Gasteiger partial charge in [0.25, 0.3) is 5.91 Å². The lowest BCUT2D eigenvalue weighted by molar-refractivity contribution is -0.114. The zero-order chi connectivity index (χ0) is 13.8. The molecule has 0 radical (unpaired) electrons. The van der Waals surface area contributed by atoms with Gasteiger partial charge in [0.2, 0.25) is 5.91 Å². The second-order valence-corrected chi connectivity index (χ2v) is 3.98. The van der Waals surface area contributed by atoms with Crippen LogP contribution in [0.4, 0.5) is 5.82 Å². The van der Waals surface area contributed by atoms with E-state index in [1.807, 2.05) is 30.3 Å². The predicted molar refractivity (Wildman–Crippen MR) is 68.4 cm³/mol. The van der Waals surface area contributed by atoms with Crippen LogP contribution in [-0.2, 0) is 11.3 Å². The van der Waals surface area contributed by atoms with E-state index < -0.39 is 5.91 Å². The lowest BCUT2D eigenvalue weighted by Crippen LogP contribution is -2.18. The summed E-state index contributed by atoms with van der Waals surface area (Å²) < 4.78 is 1.43. The second-order valence-electron chi connectivity index (χ2n) is 3.98. The van der Waals surface area contributed by atoms with Crippen molar-refractivity contribution < 1.29 is 9.59 Å². The highest BCUT2D eigenvalue weighted by atomic mass is 16.2. The number of benzene rings is 1. The van der Waals surface area contributed by atoms with Gasteiger partial charge in [-0.25, -0.2) is 4.68 Å². The molecule has 1 heterocycles. The fraction of sp³-hybridized carbons (Fsp3) is 0.167. The topological polar surface area (TPSA) is 103 Å². The van der Waals surface area contributed by atoms with Crippen molar-refractivity contribution in [1.29, 1.82) is 0 Å². The third kappa shape index (κ3) is 2.95. The van der Waals surface area contributed by atoms with Crippen LogP contribution >= 0.6 is 0 Å². The van der Waals surface area contributed by atoms with Gasteiger partial charge in [0.1, 0.15) is 0 Å². The Morgan fingerprint density at radius 2 is 2.00 bits per heavy atom. The maximum atomic E-state index is 11.2. The van der Waals surface area contributed by atoms with Crippen LogP contribution in [0.1, 0.15) is 23.0 Å². The summed E-state index contributed by atoms with van der Waals surface area (Å²) in [7, 11) is 0. The van der Waals surface area contributed by atoms with E-state index in [0.29, 0.717) is 6.54 Å². The van der Waals surface area contributed by atoms with Crippen molar-refractivity contribution in [3.63, 3.8) is 0 Å². The van der Waals surface area contributed by atoms with Gasteiger partial charge in [-0.15, -0.1) is 5.10 Å². The van der Waals surface area contributed by atoms with Crippen molar-refractivity contribution in [2.24, 2.45) is 5.73 Å². The van der Waals surface area contributed by atoms with E-state index in [0.717, 1.165) is 5.56 Å². The minimum atomic E-state index is -0.733. The summed E-state index contributed by atoms with van der Waals surface area (Å²) in [6.45, 7) is 1.72. The Labute approximate surface area is 109 Å². The van der Waals surface area contributed by atoms with Crippen LogP contribution in [0.15, 0.2) is 30.3 Å². The smallest absolute Gasteiger partial charge is 0.273 e. The monoisotopic (exact) mass is 259 g/mol. The maximum Gasteiger partial charge on any atom is 0.273 e. The van der Waals surface area contributed by atoms with Crippen LogP contribution in [0.5, 0.6) is 0 Å². The number of amides is 2. The number of aromatic nitrogens is 3. The lowest BCUT2D eigenvalue weighted by Gasteiger charge is -2.07. The van der Waals surface area contributed by atoms with E-state index in [-0.39, 0.29) is 17.4 Å². The number of anilines is 1. The minimum Gasteiger partial charge on any atom is -0.364 e. The van der Waals surface area contributed by atoms with Crippen LogP contribution in [0.25, 0.3) is 0 Å². The third-order valence-corrected chi connectivity index (χ3v) is 2.44. The molecule has 0 fully saturated rings. The molecular weight excluding hydrogens is 246 g/mol. The minimum absolute atomic E-state index is 0.0499. The van der Waals surface area contributed by atoms with Crippen molar-refractivity contribution in [3.8, 4) is 0 Å². The number of carbonyl (C=O) groups excluding carboxylic acids is 2. The van der Waals surface area contributed by atoms with Gasteiger partial charge < -0.3 is 11.1 Å². The molecule has 0 aliphatic rings. The summed E-state index contributed by atoms with van der Waals surface area (Å²) >= 11 is 0. The number of nitrogens with two attached hydrogens (primary N) is 1. The zero-order valence-corrected chi connectivity index (χ0v) is 10.3. The fourth-order valence-electron chi connectivity index (χ4n) is 1.64. The molecule has 0 aliphatic heterocycles. The van der Waals surface area contributed by atoms with Crippen molar-refractivity contribution in [3.05, 3.63) is 41.6 Å². The number of nitrogens with zero attached hydrogens (tertiary/aromatic N) is 3. The molecule has 7 heteroatoms. The largest absolute Gasteiger partial charge is 0.364 e. The number of carbonyl (C=O) groups is 2. The Kier molecular flexibility index (Phi) is 3.56. The molecule has 0 saturated heterocycles. The molecule has 19 heavy (non-hydrogen) atoms. The van der Waals surface area contributed by atoms with Crippen LogP contribution in [-0.4, -0.2) is 26.8 Å². The molecule has 2 aromatic rings. The van der Waals surface area contributed by atoms with Gasteiger partial charge in [0, 0.05) is 6.92 Å². The summed E-state index contributed by atoms with van der Waals surface area (Å²) in [4.78, 5) is 22.4. The molecule has 0 saturated carbocycles. The first-order valence-electron chi connectivity index (χ1n) is 5.62. The summed E-state index contributed by atoms with van der Waals surface area (Å²) in [6, 6.07) is 9.49. The average molecular weight is 259 g/mol. The van der Waals surface area contributed by atoms with Crippen molar-refractivity contribution in [2.45, 2.75) is 13.5 Å². The van der Waals surface area contributed by atoms with E-state index in [9.17, 15) is 9.59 Å². The molecule has 98 valence electrons. The highest BCUT2D eigenvalue weighted by Crippen LogP contribution is 2.14. The summed E-state index contributed by atoms with van der Waals surface area (Å²) in [5.41, 5.74) is 6.11. The van der Waals surface area contributed by atoms with E-state index in [1.54, 1.807) is 0 Å². The van der Waals surface area contributed by atoms with Gasteiger partial charge in [-0.2, -0.15) is 0 Å². The van der Waals surface area contributed by atoms with E-state index in [1.165, 1.54) is 11.6 Å². The van der Waals surface area contributed by atoms with Crippen molar-refractivity contribution in [1.82, 2.24) is 15.0 Å². The Morgan fingerprint density at radius 1 is 1.32 bits per heavy atom. The summed E-state index contributed by atoms with van der Waals surface area (Å²) in [6.07, 6.45) is 0. The zero-order valence-electron chi connectivity index (χ0n) is 10.3. The SMILES string of the molecule is CC(=O)Nc1c(C(N)=O)nnn1Cc1ccccc1.